The average Bonchev–Trinajstić information content (AvgIpc) is 2.51. The molecule has 3 N–H and O–H groups in total. The first-order valence-electron chi connectivity index (χ1n) is 6.38. The summed E-state index contributed by atoms with van der Waals surface area (Å²) in [7, 11) is 6.11. The highest BCUT2D eigenvalue weighted by Gasteiger charge is 2.17. The highest BCUT2D eigenvalue weighted by Crippen LogP contribution is 2.30. The van der Waals surface area contributed by atoms with Gasteiger partial charge in [0.15, 0.2) is 0 Å². The average molecular weight is 298 g/mol. The summed E-state index contributed by atoms with van der Waals surface area (Å²) in [5.41, 5.74) is 6.47. The standard InChI is InChI=1S/C14H22N2O5/c1-18-8-10(20-3)7-16-14(17)11-5-9(19-2)6-12(21-4)13(11)15/h5-6,10H,7-8,15H2,1-4H3,(H,16,17). The van der Waals surface area contributed by atoms with Crippen LogP contribution < -0.4 is 20.5 Å². The van der Waals surface area contributed by atoms with E-state index in [-0.39, 0.29) is 17.7 Å². The summed E-state index contributed by atoms with van der Waals surface area (Å²) in [5, 5.41) is 2.74. The van der Waals surface area contributed by atoms with Gasteiger partial charge in [-0.3, -0.25) is 4.79 Å². The smallest absolute Gasteiger partial charge is 0.253 e. The van der Waals surface area contributed by atoms with E-state index in [2.05, 4.69) is 5.32 Å². The van der Waals surface area contributed by atoms with E-state index in [1.54, 1.807) is 26.4 Å². The van der Waals surface area contributed by atoms with Crippen LogP contribution in [-0.2, 0) is 9.47 Å². The third-order valence-electron chi connectivity index (χ3n) is 2.99. The van der Waals surface area contributed by atoms with Crippen molar-refractivity contribution in [2.75, 3.05) is 47.3 Å². The molecule has 0 radical (unpaired) electrons. The Morgan fingerprint density at radius 1 is 1.24 bits per heavy atom. The van der Waals surface area contributed by atoms with Crippen molar-refractivity contribution in [2.24, 2.45) is 0 Å². The lowest BCUT2D eigenvalue weighted by molar-refractivity contribution is 0.0285. The largest absolute Gasteiger partial charge is 0.497 e. The Kier molecular flexibility index (Phi) is 6.77. The number of rotatable bonds is 8. The minimum Gasteiger partial charge on any atom is -0.497 e. The second-order valence-electron chi connectivity index (χ2n) is 4.31. The lowest BCUT2D eigenvalue weighted by atomic mass is 10.1. The quantitative estimate of drug-likeness (QED) is 0.686. The SMILES string of the molecule is COCC(CNC(=O)c1cc(OC)cc(OC)c1N)OC. The van der Waals surface area contributed by atoms with Gasteiger partial charge < -0.3 is 30.0 Å². The van der Waals surface area contributed by atoms with Crippen LogP contribution in [0, 0.1) is 0 Å². The summed E-state index contributed by atoms with van der Waals surface area (Å²) in [4.78, 5) is 12.2. The lowest BCUT2D eigenvalue weighted by Gasteiger charge is -2.16. The van der Waals surface area contributed by atoms with Crippen molar-refractivity contribution in [3.63, 3.8) is 0 Å². The number of amides is 1. The number of carbonyl (C=O) groups is 1. The van der Waals surface area contributed by atoms with Gasteiger partial charge in [-0.05, 0) is 6.07 Å². The van der Waals surface area contributed by atoms with E-state index < -0.39 is 0 Å². The van der Waals surface area contributed by atoms with Gasteiger partial charge in [0.1, 0.15) is 11.5 Å². The summed E-state index contributed by atoms with van der Waals surface area (Å²) in [5.74, 6) is 0.550. The van der Waals surface area contributed by atoms with Crippen LogP contribution in [-0.4, -0.2) is 53.6 Å². The molecule has 0 fully saturated rings. The fraction of sp³-hybridized carbons (Fsp3) is 0.500. The maximum atomic E-state index is 12.2. The zero-order chi connectivity index (χ0) is 15.8. The van der Waals surface area contributed by atoms with Crippen LogP contribution in [0.4, 0.5) is 5.69 Å². The molecule has 21 heavy (non-hydrogen) atoms. The van der Waals surface area contributed by atoms with Crippen LogP contribution in [0.2, 0.25) is 0 Å². The number of anilines is 1. The fourth-order valence-electron chi connectivity index (χ4n) is 1.77. The van der Waals surface area contributed by atoms with Crippen LogP contribution in [0.5, 0.6) is 11.5 Å². The van der Waals surface area contributed by atoms with E-state index >= 15 is 0 Å². The minimum absolute atomic E-state index is 0.229. The molecule has 1 aromatic carbocycles. The normalized spacial score (nSPS) is 11.8. The molecular formula is C14H22N2O5. The van der Waals surface area contributed by atoms with Crippen LogP contribution >= 0.6 is 0 Å². The molecule has 0 aliphatic carbocycles. The van der Waals surface area contributed by atoms with Gasteiger partial charge >= 0.3 is 0 Å². The highest BCUT2D eigenvalue weighted by atomic mass is 16.5. The molecule has 0 aromatic heterocycles. The first kappa shape index (κ1) is 17.1. The van der Waals surface area contributed by atoms with E-state index in [0.717, 1.165) is 0 Å². The molecule has 118 valence electrons. The molecule has 7 nitrogen and oxygen atoms in total. The molecular weight excluding hydrogens is 276 g/mol. The fourth-order valence-corrected chi connectivity index (χ4v) is 1.77. The molecule has 7 heteroatoms. The van der Waals surface area contributed by atoms with E-state index in [9.17, 15) is 4.79 Å². The van der Waals surface area contributed by atoms with Gasteiger partial charge in [0.05, 0.1) is 38.2 Å². The summed E-state index contributed by atoms with van der Waals surface area (Å²) >= 11 is 0. The highest BCUT2D eigenvalue weighted by molar-refractivity contribution is 6.00. The zero-order valence-electron chi connectivity index (χ0n) is 12.8. The molecule has 0 saturated heterocycles. The van der Waals surface area contributed by atoms with Crippen LogP contribution in [0.25, 0.3) is 0 Å². The van der Waals surface area contributed by atoms with Crippen molar-refractivity contribution in [3.8, 4) is 11.5 Å². The molecule has 1 rings (SSSR count). The second kappa shape index (κ2) is 8.33. The Balaban J connectivity index is 2.86. The molecule has 0 spiro atoms. The number of methoxy groups -OCH3 is 4. The number of hydrogen-bond acceptors (Lipinski definition) is 6. The maximum absolute atomic E-state index is 12.2. The van der Waals surface area contributed by atoms with Gasteiger partial charge in [0, 0.05) is 26.8 Å². The summed E-state index contributed by atoms with van der Waals surface area (Å²) < 4.78 is 20.4. The van der Waals surface area contributed by atoms with Gasteiger partial charge in [-0.2, -0.15) is 0 Å². The Morgan fingerprint density at radius 3 is 2.48 bits per heavy atom. The predicted octanol–water partition coefficient (Wildman–Crippen LogP) is 0.677. The third-order valence-corrected chi connectivity index (χ3v) is 2.99. The molecule has 1 amide bonds. The summed E-state index contributed by atoms with van der Waals surface area (Å²) in [6.45, 7) is 0.690. The van der Waals surface area contributed by atoms with Crippen molar-refractivity contribution in [3.05, 3.63) is 17.7 Å². The first-order chi connectivity index (χ1) is 10.1. The van der Waals surface area contributed by atoms with Crippen molar-refractivity contribution in [1.29, 1.82) is 0 Å². The molecule has 0 aliphatic rings. The lowest BCUT2D eigenvalue weighted by Crippen LogP contribution is -2.35. The zero-order valence-corrected chi connectivity index (χ0v) is 12.8. The van der Waals surface area contributed by atoms with Gasteiger partial charge in [0.2, 0.25) is 0 Å². The molecule has 1 aromatic rings. The molecule has 0 aliphatic heterocycles. The molecule has 0 saturated carbocycles. The topological polar surface area (TPSA) is 92.0 Å². The van der Waals surface area contributed by atoms with E-state index in [1.807, 2.05) is 0 Å². The van der Waals surface area contributed by atoms with Crippen molar-refractivity contribution >= 4 is 11.6 Å². The Labute approximate surface area is 124 Å². The Hall–Kier alpha value is -1.99. The maximum Gasteiger partial charge on any atom is 0.253 e. The Bertz CT molecular complexity index is 479. The van der Waals surface area contributed by atoms with Crippen molar-refractivity contribution < 1.29 is 23.7 Å². The molecule has 0 bridgehead atoms. The van der Waals surface area contributed by atoms with Crippen molar-refractivity contribution in [2.45, 2.75) is 6.10 Å². The number of nitrogen functional groups attached to an aromatic ring is 1. The van der Waals surface area contributed by atoms with Gasteiger partial charge in [0.25, 0.3) is 5.91 Å². The van der Waals surface area contributed by atoms with Crippen LogP contribution in [0.3, 0.4) is 0 Å². The molecule has 1 unspecified atom stereocenters. The predicted molar refractivity (Wildman–Crippen MR) is 79.0 cm³/mol. The molecule has 0 heterocycles. The van der Waals surface area contributed by atoms with Crippen molar-refractivity contribution in [1.82, 2.24) is 5.32 Å². The van der Waals surface area contributed by atoms with Gasteiger partial charge in [-0.25, -0.2) is 0 Å². The van der Waals surface area contributed by atoms with Gasteiger partial charge in [-0.1, -0.05) is 0 Å². The first-order valence-corrected chi connectivity index (χ1v) is 6.38. The third kappa shape index (κ3) is 4.51. The number of carbonyl (C=O) groups excluding carboxylic acids is 1. The van der Waals surface area contributed by atoms with E-state index in [1.165, 1.54) is 14.2 Å². The molecule has 1 atom stereocenters. The van der Waals surface area contributed by atoms with Crippen LogP contribution in [0.15, 0.2) is 12.1 Å². The number of hydrogen-bond donors (Lipinski definition) is 2. The Morgan fingerprint density at radius 2 is 1.95 bits per heavy atom. The number of nitrogens with one attached hydrogen (secondary N) is 1. The monoisotopic (exact) mass is 298 g/mol. The van der Waals surface area contributed by atoms with Gasteiger partial charge in [-0.15, -0.1) is 0 Å². The number of benzene rings is 1. The second-order valence-corrected chi connectivity index (χ2v) is 4.31. The number of ether oxygens (including phenoxy) is 4. The summed E-state index contributed by atoms with van der Waals surface area (Å²) in [6, 6.07) is 3.18. The number of nitrogens with two attached hydrogens (primary N) is 1. The summed E-state index contributed by atoms with van der Waals surface area (Å²) in [6.07, 6.45) is -0.229. The van der Waals surface area contributed by atoms with E-state index in [4.69, 9.17) is 24.7 Å². The van der Waals surface area contributed by atoms with Crippen LogP contribution in [0.1, 0.15) is 10.4 Å². The van der Waals surface area contributed by atoms with E-state index in [0.29, 0.717) is 30.2 Å². The minimum atomic E-state index is -0.331.